The van der Waals surface area contributed by atoms with Crippen molar-refractivity contribution in [3.05, 3.63) is 39.9 Å². The molecule has 0 radical (unpaired) electrons. The van der Waals surface area contributed by atoms with Crippen molar-refractivity contribution in [3.63, 3.8) is 0 Å². The number of guanidine groups is 1. The van der Waals surface area contributed by atoms with Crippen molar-refractivity contribution < 1.29 is 4.79 Å². The van der Waals surface area contributed by atoms with Crippen LogP contribution in [0.1, 0.15) is 5.56 Å². The Morgan fingerprint density at radius 3 is 2.25 bits per heavy atom. The van der Waals surface area contributed by atoms with E-state index in [2.05, 4.69) is 4.99 Å². The summed E-state index contributed by atoms with van der Waals surface area (Å²) >= 11 is 11.6. The normalized spacial score (nSPS) is 10.4. The molecule has 4 N–H and O–H groups in total. The average Bonchev–Trinajstić information content (AvgIpc) is 2.12. The van der Waals surface area contributed by atoms with Crippen molar-refractivity contribution in [1.82, 2.24) is 0 Å². The van der Waals surface area contributed by atoms with Crippen LogP contribution in [0.15, 0.2) is 29.3 Å². The van der Waals surface area contributed by atoms with Gasteiger partial charge < -0.3 is 11.5 Å². The zero-order valence-electron chi connectivity index (χ0n) is 8.15. The highest BCUT2D eigenvalue weighted by atomic mass is 35.5. The highest BCUT2D eigenvalue weighted by molar-refractivity contribution is 6.34. The van der Waals surface area contributed by atoms with Gasteiger partial charge in [0, 0.05) is 16.1 Å². The van der Waals surface area contributed by atoms with Gasteiger partial charge in [0.15, 0.2) is 5.96 Å². The SMILES string of the molecule is NC(N)=NC(=O)/C=C/c1cc(Cl)cc(Cl)c1. The van der Waals surface area contributed by atoms with E-state index in [1.165, 1.54) is 12.2 Å². The topological polar surface area (TPSA) is 81.5 Å². The quantitative estimate of drug-likeness (QED) is 0.482. The van der Waals surface area contributed by atoms with Crippen LogP contribution in [-0.2, 0) is 4.79 Å². The Balaban J connectivity index is 2.84. The molecule has 1 aromatic rings. The van der Waals surface area contributed by atoms with Crippen LogP contribution in [0.3, 0.4) is 0 Å². The first-order valence-electron chi connectivity index (χ1n) is 4.25. The number of aliphatic imine (C=N–C) groups is 1. The van der Waals surface area contributed by atoms with Gasteiger partial charge in [-0.1, -0.05) is 23.2 Å². The smallest absolute Gasteiger partial charge is 0.272 e. The van der Waals surface area contributed by atoms with Gasteiger partial charge in [-0.2, -0.15) is 4.99 Å². The lowest BCUT2D eigenvalue weighted by Crippen LogP contribution is -2.23. The van der Waals surface area contributed by atoms with Gasteiger partial charge in [0.2, 0.25) is 0 Å². The van der Waals surface area contributed by atoms with Crippen LogP contribution in [0.5, 0.6) is 0 Å². The molecule has 0 heterocycles. The summed E-state index contributed by atoms with van der Waals surface area (Å²) in [4.78, 5) is 14.4. The van der Waals surface area contributed by atoms with Crippen molar-refractivity contribution in [3.8, 4) is 0 Å². The van der Waals surface area contributed by atoms with Crippen LogP contribution >= 0.6 is 23.2 Å². The first-order chi connectivity index (χ1) is 7.47. The molecule has 0 saturated heterocycles. The predicted molar refractivity (Wildman–Crippen MR) is 66.3 cm³/mol. The minimum absolute atomic E-state index is 0.279. The third-order valence-electron chi connectivity index (χ3n) is 1.54. The van der Waals surface area contributed by atoms with E-state index in [1.54, 1.807) is 18.2 Å². The van der Waals surface area contributed by atoms with Crippen LogP contribution in [-0.4, -0.2) is 11.9 Å². The fourth-order valence-electron chi connectivity index (χ4n) is 1.00. The van der Waals surface area contributed by atoms with Crippen LogP contribution in [0, 0.1) is 0 Å². The summed E-state index contributed by atoms with van der Waals surface area (Å²) in [5.74, 6) is -0.824. The molecular formula is C10H9Cl2N3O. The van der Waals surface area contributed by atoms with E-state index >= 15 is 0 Å². The second-order valence-electron chi connectivity index (χ2n) is 2.91. The molecule has 1 aromatic carbocycles. The fraction of sp³-hybridized carbons (Fsp3) is 0. The zero-order chi connectivity index (χ0) is 12.1. The molecule has 4 nitrogen and oxygen atoms in total. The highest BCUT2D eigenvalue weighted by Gasteiger charge is 1.96. The maximum absolute atomic E-state index is 11.1. The van der Waals surface area contributed by atoms with Gasteiger partial charge >= 0.3 is 0 Å². The molecule has 0 spiro atoms. The lowest BCUT2D eigenvalue weighted by Gasteiger charge is -1.96. The summed E-state index contributed by atoms with van der Waals surface area (Å²) < 4.78 is 0. The van der Waals surface area contributed by atoms with Gasteiger partial charge in [0.25, 0.3) is 5.91 Å². The van der Waals surface area contributed by atoms with E-state index < -0.39 is 5.91 Å². The van der Waals surface area contributed by atoms with Gasteiger partial charge in [-0.3, -0.25) is 4.79 Å². The van der Waals surface area contributed by atoms with Crippen LogP contribution < -0.4 is 11.5 Å². The molecule has 16 heavy (non-hydrogen) atoms. The number of carbonyl (C=O) groups excluding carboxylic acids is 1. The number of hydrogen-bond acceptors (Lipinski definition) is 1. The summed E-state index contributed by atoms with van der Waals surface area (Å²) in [6, 6.07) is 4.91. The van der Waals surface area contributed by atoms with Gasteiger partial charge in [-0.25, -0.2) is 0 Å². The molecule has 0 saturated carbocycles. The lowest BCUT2D eigenvalue weighted by atomic mass is 10.2. The Hall–Kier alpha value is -1.52. The average molecular weight is 258 g/mol. The Morgan fingerprint density at radius 1 is 1.19 bits per heavy atom. The number of hydrogen-bond donors (Lipinski definition) is 2. The second-order valence-corrected chi connectivity index (χ2v) is 3.78. The highest BCUT2D eigenvalue weighted by Crippen LogP contribution is 2.19. The molecule has 1 amide bonds. The first kappa shape index (κ1) is 12.5. The third-order valence-corrected chi connectivity index (χ3v) is 1.98. The first-order valence-corrected chi connectivity index (χ1v) is 5.01. The molecule has 0 aliphatic carbocycles. The number of amides is 1. The van der Waals surface area contributed by atoms with Gasteiger partial charge in [0.1, 0.15) is 0 Å². The number of carbonyl (C=O) groups is 1. The van der Waals surface area contributed by atoms with Crippen molar-refractivity contribution in [2.24, 2.45) is 16.5 Å². The van der Waals surface area contributed by atoms with Gasteiger partial charge in [-0.15, -0.1) is 0 Å². The van der Waals surface area contributed by atoms with Gasteiger partial charge in [-0.05, 0) is 29.8 Å². The van der Waals surface area contributed by atoms with E-state index in [0.29, 0.717) is 15.6 Å². The lowest BCUT2D eigenvalue weighted by molar-refractivity contribution is -0.113. The van der Waals surface area contributed by atoms with E-state index in [-0.39, 0.29) is 5.96 Å². The summed E-state index contributed by atoms with van der Waals surface area (Å²) in [5.41, 5.74) is 10.8. The molecule has 0 aliphatic heterocycles. The van der Waals surface area contributed by atoms with Crippen molar-refractivity contribution in [2.75, 3.05) is 0 Å². The van der Waals surface area contributed by atoms with Crippen LogP contribution in [0.4, 0.5) is 0 Å². The van der Waals surface area contributed by atoms with Crippen LogP contribution in [0.2, 0.25) is 10.0 Å². The maximum atomic E-state index is 11.1. The molecule has 0 aliphatic rings. The molecule has 0 bridgehead atoms. The van der Waals surface area contributed by atoms with Gasteiger partial charge in [0.05, 0.1) is 0 Å². The van der Waals surface area contributed by atoms with Crippen molar-refractivity contribution in [1.29, 1.82) is 0 Å². The molecule has 0 aromatic heterocycles. The standard InChI is InChI=1S/C10H9Cl2N3O/c11-7-3-6(4-8(12)5-7)1-2-9(16)15-10(13)14/h1-5H,(H4,13,14,15,16)/b2-1+. The summed E-state index contributed by atoms with van der Waals surface area (Å²) in [7, 11) is 0. The van der Waals surface area contributed by atoms with E-state index in [0.717, 1.165) is 0 Å². The molecule has 6 heteroatoms. The number of halogens is 2. The van der Waals surface area contributed by atoms with E-state index in [1.807, 2.05) is 0 Å². The fourth-order valence-corrected chi connectivity index (χ4v) is 1.55. The van der Waals surface area contributed by atoms with Crippen molar-refractivity contribution in [2.45, 2.75) is 0 Å². The predicted octanol–water partition coefficient (Wildman–Crippen LogP) is 1.81. The second kappa shape index (κ2) is 5.53. The Bertz CT molecular complexity index is 445. The maximum Gasteiger partial charge on any atom is 0.272 e. The van der Waals surface area contributed by atoms with E-state index in [9.17, 15) is 4.79 Å². The zero-order valence-corrected chi connectivity index (χ0v) is 9.66. The molecule has 0 fully saturated rings. The number of rotatable bonds is 2. The summed E-state index contributed by atoms with van der Waals surface area (Å²) in [5, 5.41) is 0.975. The number of nitrogens with two attached hydrogens (primary N) is 2. The van der Waals surface area contributed by atoms with E-state index in [4.69, 9.17) is 34.7 Å². The number of benzene rings is 1. The molecule has 0 unspecified atom stereocenters. The monoisotopic (exact) mass is 257 g/mol. The minimum Gasteiger partial charge on any atom is -0.370 e. The summed E-state index contributed by atoms with van der Waals surface area (Å²) in [6.45, 7) is 0. The third kappa shape index (κ3) is 4.33. The Morgan fingerprint density at radius 2 is 1.75 bits per heavy atom. The van der Waals surface area contributed by atoms with Crippen LogP contribution in [0.25, 0.3) is 6.08 Å². The molecular weight excluding hydrogens is 249 g/mol. The Labute approximate surface area is 103 Å². The molecule has 84 valence electrons. The Kier molecular flexibility index (Phi) is 4.34. The largest absolute Gasteiger partial charge is 0.370 e. The molecule has 1 rings (SSSR count). The minimum atomic E-state index is -0.545. The summed E-state index contributed by atoms with van der Waals surface area (Å²) in [6.07, 6.45) is 2.74. The van der Waals surface area contributed by atoms with Crippen molar-refractivity contribution >= 4 is 41.1 Å². The number of nitrogens with zero attached hydrogens (tertiary/aromatic N) is 1. The molecule has 0 atom stereocenters.